The normalized spacial score (nSPS) is 10.9. The molecule has 156 valence electrons. The minimum atomic E-state index is -1.34. The molecule has 0 bridgehead atoms. The van der Waals surface area contributed by atoms with Crippen LogP contribution in [0.25, 0.3) is 0 Å². The molecule has 0 aromatic heterocycles. The number of carbonyl (C=O) groups excluding carboxylic acids is 2. The van der Waals surface area contributed by atoms with Crippen LogP contribution in [0.2, 0.25) is 0 Å². The van der Waals surface area contributed by atoms with Crippen LogP contribution >= 0.6 is 0 Å². The smallest absolute Gasteiger partial charge is 0.328 e. The molecule has 11 nitrogen and oxygen atoms in total. The fourth-order valence-corrected chi connectivity index (χ4v) is 2.09. The van der Waals surface area contributed by atoms with Gasteiger partial charge in [0.05, 0.1) is 12.1 Å². The number of ether oxygens (including phenoxy) is 1. The molecule has 29 heavy (non-hydrogen) atoms. The van der Waals surface area contributed by atoms with E-state index in [9.17, 15) is 19.5 Å². The van der Waals surface area contributed by atoms with E-state index in [0.29, 0.717) is 0 Å². The van der Waals surface area contributed by atoms with Crippen LogP contribution in [0.5, 0.6) is 11.5 Å². The van der Waals surface area contributed by atoms with E-state index in [4.69, 9.17) is 27.4 Å². The van der Waals surface area contributed by atoms with Gasteiger partial charge in [-0.2, -0.15) is 0 Å². The van der Waals surface area contributed by atoms with E-state index in [1.54, 1.807) is 0 Å². The average molecular weight is 405 g/mol. The first-order chi connectivity index (χ1) is 13.7. The van der Waals surface area contributed by atoms with Crippen molar-refractivity contribution in [2.24, 2.45) is 5.73 Å². The van der Waals surface area contributed by atoms with Crippen LogP contribution in [0.4, 0.5) is 0 Å². The maximum atomic E-state index is 12.2. The molecule has 0 spiro atoms. The van der Waals surface area contributed by atoms with Gasteiger partial charge in [0, 0.05) is 25.5 Å². The molecule has 0 aliphatic rings. The van der Waals surface area contributed by atoms with Gasteiger partial charge >= 0.3 is 5.97 Å². The average Bonchev–Trinajstić information content (AvgIpc) is 2.66. The summed E-state index contributed by atoms with van der Waals surface area (Å²) in [5.41, 5.74) is 5.03. The molecule has 11 heteroatoms. The molecule has 0 fully saturated rings. The highest BCUT2D eigenvalue weighted by Crippen LogP contribution is 2.23. The number of terminal acetylenes is 1. The van der Waals surface area contributed by atoms with Crippen LogP contribution in [0.1, 0.15) is 23.2 Å². The predicted octanol–water partition coefficient (Wildman–Crippen LogP) is -1.03. The lowest BCUT2D eigenvalue weighted by Gasteiger charge is -2.15. The number of carboxylic acids is 1. The lowest BCUT2D eigenvalue weighted by Crippen LogP contribution is -2.48. The summed E-state index contributed by atoms with van der Waals surface area (Å²) in [6.07, 6.45) is 5.18. The van der Waals surface area contributed by atoms with Crippen molar-refractivity contribution in [1.82, 2.24) is 16.0 Å². The Morgan fingerprint density at radius 2 is 2.03 bits per heavy atom. The molecule has 0 unspecified atom stereocenters. The number of carbonyl (C=O) groups is 3. The molecule has 8 N–H and O–H groups in total. The van der Waals surface area contributed by atoms with Crippen molar-refractivity contribution < 1.29 is 29.3 Å². The highest BCUT2D eigenvalue weighted by molar-refractivity contribution is 5.97. The minimum absolute atomic E-state index is 0.0294. The second kappa shape index (κ2) is 11.7. The molecular weight excluding hydrogens is 382 g/mol. The SMILES string of the molecule is C#CCCC(=O)N[C@@H](CNC(=O)c1ccc(OCCNC(=N)N)cc1O)C(=O)O. The summed E-state index contributed by atoms with van der Waals surface area (Å²) in [4.78, 5) is 35.1. The first-order valence-corrected chi connectivity index (χ1v) is 8.52. The first kappa shape index (κ1) is 23.1. The van der Waals surface area contributed by atoms with Crippen molar-refractivity contribution in [3.05, 3.63) is 23.8 Å². The van der Waals surface area contributed by atoms with Crippen molar-refractivity contribution >= 4 is 23.7 Å². The number of rotatable bonds is 11. The molecule has 0 radical (unpaired) electrons. The zero-order valence-corrected chi connectivity index (χ0v) is 15.5. The fraction of sp³-hybridized carbons (Fsp3) is 0.333. The number of carboxylic acid groups (broad SMARTS) is 1. The van der Waals surface area contributed by atoms with Gasteiger partial charge in [-0.25, -0.2) is 4.79 Å². The fourth-order valence-electron chi connectivity index (χ4n) is 2.09. The van der Waals surface area contributed by atoms with Gasteiger partial charge in [-0.1, -0.05) is 0 Å². The van der Waals surface area contributed by atoms with E-state index in [2.05, 4.69) is 21.9 Å². The van der Waals surface area contributed by atoms with E-state index < -0.39 is 23.8 Å². The number of benzene rings is 1. The van der Waals surface area contributed by atoms with Gasteiger partial charge in [0.25, 0.3) is 5.91 Å². The predicted molar refractivity (Wildman–Crippen MR) is 103 cm³/mol. The quantitative estimate of drug-likeness (QED) is 0.105. The van der Waals surface area contributed by atoms with E-state index >= 15 is 0 Å². The third-order valence-electron chi connectivity index (χ3n) is 3.50. The number of aromatic hydroxyl groups is 1. The summed E-state index contributed by atoms with van der Waals surface area (Å²) in [7, 11) is 0. The van der Waals surface area contributed by atoms with Crippen molar-refractivity contribution in [1.29, 1.82) is 5.41 Å². The van der Waals surface area contributed by atoms with Crippen molar-refractivity contribution in [3.8, 4) is 23.8 Å². The summed E-state index contributed by atoms with van der Waals surface area (Å²) in [5, 5.41) is 33.3. The largest absolute Gasteiger partial charge is 0.507 e. The number of aliphatic carboxylic acids is 1. The molecular formula is C18H23N5O6. The standard InChI is InChI=1S/C18H23N5O6/c1-2-3-4-15(25)23-13(17(27)28)10-22-16(26)12-6-5-11(9-14(12)24)29-8-7-21-18(19)20/h1,5-6,9,13,24H,3-4,7-8,10H2,(H,22,26)(H,23,25)(H,27,28)(H4,19,20,21)/t13-/m0/s1. The molecule has 0 aliphatic heterocycles. The second-order valence-electron chi connectivity index (χ2n) is 5.74. The zero-order chi connectivity index (χ0) is 21.8. The van der Waals surface area contributed by atoms with Gasteiger partial charge in [-0.15, -0.1) is 12.3 Å². The topological polar surface area (TPSA) is 187 Å². The number of guanidine groups is 1. The Bertz CT molecular complexity index is 804. The summed E-state index contributed by atoms with van der Waals surface area (Å²) >= 11 is 0. The van der Waals surface area contributed by atoms with Crippen LogP contribution in [0.15, 0.2) is 18.2 Å². The molecule has 1 aromatic carbocycles. The zero-order valence-electron chi connectivity index (χ0n) is 15.5. The lowest BCUT2D eigenvalue weighted by atomic mass is 10.1. The third-order valence-corrected chi connectivity index (χ3v) is 3.50. The van der Waals surface area contributed by atoms with Crippen LogP contribution in [0, 0.1) is 17.8 Å². The summed E-state index contributed by atoms with van der Waals surface area (Å²) < 4.78 is 5.33. The number of hydrogen-bond acceptors (Lipinski definition) is 6. The lowest BCUT2D eigenvalue weighted by molar-refractivity contribution is -0.141. The minimum Gasteiger partial charge on any atom is -0.507 e. The first-order valence-electron chi connectivity index (χ1n) is 8.52. The molecule has 1 atom stereocenters. The summed E-state index contributed by atoms with van der Waals surface area (Å²) in [6.45, 7) is 0.0660. The highest BCUT2D eigenvalue weighted by atomic mass is 16.5. The Labute approximate surface area is 167 Å². The van der Waals surface area contributed by atoms with Gasteiger partial charge in [0.15, 0.2) is 5.96 Å². The summed E-state index contributed by atoms with van der Waals surface area (Å²) in [6, 6.07) is 2.62. The monoisotopic (exact) mass is 405 g/mol. The Morgan fingerprint density at radius 3 is 2.62 bits per heavy atom. The molecule has 0 heterocycles. The number of phenolic OH excluding ortho intramolecular Hbond substituents is 1. The molecule has 0 saturated carbocycles. The molecule has 2 amide bonds. The van der Waals surface area contributed by atoms with Gasteiger partial charge < -0.3 is 36.6 Å². The van der Waals surface area contributed by atoms with E-state index in [-0.39, 0.29) is 55.6 Å². The van der Waals surface area contributed by atoms with Gasteiger partial charge in [-0.3, -0.25) is 15.0 Å². The number of phenols is 1. The van der Waals surface area contributed by atoms with Gasteiger partial charge in [-0.05, 0) is 12.1 Å². The Morgan fingerprint density at radius 1 is 1.31 bits per heavy atom. The Hall–Kier alpha value is -3.94. The van der Waals surface area contributed by atoms with E-state index in [1.807, 2.05) is 0 Å². The van der Waals surface area contributed by atoms with Gasteiger partial charge in [0.1, 0.15) is 24.1 Å². The maximum Gasteiger partial charge on any atom is 0.328 e. The van der Waals surface area contributed by atoms with Crippen molar-refractivity contribution in [2.45, 2.75) is 18.9 Å². The van der Waals surface area contributed by atoms with Crippen LogP contribution in [0.3, 0.4) is 0 Å². The highest BCUT2D eigenvalue weighted by Gasteiger charge is 2.21. The molecule has 0 aliphatic carbocycles. The molecule has 0 saturated heterocycles. The van der Waals surface area contributed by atoms with Crippen molar-refractivity contribution in [2.75, 3.05) is 19.7 Å². The Kier molecular flexibility index (Phi) is 9.32. The Balaban J connectivity index is 2.61. The van der Waals surface area contributed by atoms with E-state index in [1.165, 1.54) is 18.2 Å². The molecule has 1 aromatic rings. The molecule has 1 rings (SSSR count). The number of nitrogens with two attached hydrogens (primary N) is 1. The van der Waals surface area contributed by atoms with Crippen LogP contribution in [-0.2, 0) is 9.59 Å². The number of nitrogens with one attached hydrogen (secondary N) is 4. The second-order valence-corrected chi connectivity index (χ2v) is 5.74. The van der Waals surface area contributed by atoms with Crippen LogP contribution in [-0.4, -0.2) is 59.7 Å². The third kappa shape index (κ3) is 8.53. The summed E-state index contributed by atoms with van der Waals surface area (Å²) in [5.74, 6) is -0.615. The number of amides is 2. The van der Waals surface area contributed by atoms with Crippen LogP contribution < -0.4 is 26.4 Å². The maximum absolute atomic E-state index is 12.2. The van der Waals surface area contributed by atoms with E-state index in [0.717, 1.165) is 0 Å². The van der Waals surface area contributed by atoms with Gasteiger partial charge in [0.2, 0.25) is 5.91 Å². The number of hydrogen-bond donors (Lipinski definition) is 7. The van der Waals surface area contributed by atoms with Crippen molar-refractivity contribution in [3.63, 3.8) is 0 Å².